The SMILES string of the molecule is C[C@H](CCC(=O)N(CCS(=O)(=O)O)[C@@H]1CC[C@@]2(C)C(C1)C[C@H](O)[C@H]1C3CC[C@H]([C@H](C)CCC(=O)NCCS(=O)(=O)O)[C@@]3(C)CC[C@@H]12)[C@H]1CCC2[C@@H]3[C@@H](O)CC4C[C@H](O)CC[C@]4(C)[C@H]3CC[C@@]21C. The van der Waals surface area contributed by atoms with Crippen LogP contribution in [-0.4, -0.2) is 107 Å². The monoisotopic (exact) mass is 981 g/mol. The van der Waals surface area contributed by atoms with Crippen molar-refractivity contribution < 1.29 is 50.8 Å². The summed E-state index contributed by atoms with van der Waals surface area (Å²) in [7, 11) is -8.44. The van der Waals surface area contributed by atoms with Crippen LogP contribution in [0.5, 0.6) is 0 Å². The summed E-state index contributed by atoms with van der Waals surface area (Å²) in [6, 6.07) is -0.162. The predicted molar refractivity (Wildman–Crippen MR) is 257 cm³/mol. The lowest BCUT2D eigenvalue weighted by atomic mass is 9.43. The van der Waals surface area contributed by atoms with Crippen molar-refractivity contribution in [2.45, 2.75) is 194 Å². The first-order valence-corrected chi connectivity index (χ1v) is 30.0. The second-order valence-corrected chi connectivity index (χ2v) is 28.6. The summed E-state index contributed by atoms with van der Waals surface area (Å²) in [4.78, 5) is 28.8. The van der Waals surface area contributed by atoms with Gasteiger partial charge in [0.25, 0.3) is 20.2 Å². The van der Waals surface area contributed by atoms with E-state index in [0.717, 1.165) is 89.9 Å². The Kier molecular flexibility index (Phi) is 14.9. The second-order valence-electron chi connectivity index (χ2n) is 25.4. The van der Waals surface area contributed by atoms with Gasteiger partial charge in [0.15, 0.2) is 0 Å². The third-order valence-electron chi connectivity index (χ3n) is 22.5. The second kappa shape index (κ2) is 19.2. The molecule has 4 unspecified atom stereocenters. The number of carbonyl (C=O) groups excluding carboxylic acids is 2. The maximum Gasteiger partial charge on any atom is 0.266 e. The van der Waals surface area contributed by atoms with Gasteiger partial charge in [-0.05, 0) is 208 Å². The smallest absolute Gasteiger partial charge is 0.266 e. The van der Waals surface area contributed by atoms with E-state index in [0.29, 0.717) is 80.0 Å². The highest BCUT2D eigenvalue weighted by Crippen LogP contribution is 2.70. The molecule has 0 aliphatic heterocycles. The molecule has 0 aromatic rings. The highest BCUT2D eigenvalue weighted by atomic mass is 32.2. The summed E-state index contributed by atoms with van der Waals surface area (Å²) < 4.78 is 65.5. The van der Waals surface area contributed by atoms with Gasteiger partial charge in [0.05, 0.1) is 29.8 Å². The van der Waals surface area contributed by atoms with Gasteiger partial charge in [-0.2, -0.15) is 16.8 Å². The molecule has 8 fully saturated rings. The van der Waals surface area contributed by atoms with Crippen molar-refractivity contribution in [2.24, 2.45) is 92.7 Å². The highest BCUT2D eigenvalue weighted by molar-refractivity contribution is 7.86. The molecular formula is C52H88N2O11S2. The molecule has 0 radical (unpaired) electrons. The molecule has 8 saturated carbocycles. The van der Waals surface area contributed by atoms with Crippen molar-refractivity contribution in [3.8, 4) is 0 Å². The first kappa shape index (κ1) is 52.0. The zero-order valence-corrected chi connectivity index (χ0v) is 43.3. The van der Waals surface area contributed by atoms with Crippen LogP contribution in [0.1, 0.15) is 170 Å². The average molecular weight is 981 g/mol. The number of rotatable bonds is 15. The molecule has 0 aromatic heterocycles. The molecule has 0 saturated heterocycles. The van der Waals surface area contributed by atoms with Crippen molar-refractivity contribution in [3.63, 3.8) is 0 Å². The average Bonchev–Trinajstić information content (AvgIpc) is 3.79. The van der Waals surface area contributed by atoms with Crippen LogP contribution in [0.15, 0.2) is 0 Å². The highest BCUT2D eigenvalue weighted by Gasteiger charge is 2.65. The Morgan fingerprint density at radius 3 is 1.58 bits per heavy atom. The molecule has 8 rings (SSSR count). The standard InChI is InChI=1S/C52H88N2O11S2/c1-31(7-13-45(58)53-23-25-66(60,61)62)37-9-11-39-47-41(17-21-51(37,39)5)49(3)19-15-35(27-33(49)29-43(47)56)54(24-26-67(63,64)65)46(59)14-8-32(2)38-10-12-40-48-42(18-22-52(38,40)6)50(4)20-16-36(55)28-34(50)30-44(48)57/h31-44,47-48,55-57H,7-30H2,1-6H3,(H,53,58)(H,60,61,62)(H,63,64,65)/t31-,32-,33?,34?,35-,36-,37-,38-,39?,40?,41+,42+,43+,44+,47+,48+,49+,50+,51-,52-/m1/s1. The largest absolute Gasteiger partial charge is 0.393 e. The van der Waals surface area contributed by atoms with E-state index in [-0.39, 0.29) is 94.4 Å². The topological polar surface area (TPSA) is 219 Å². The van der Waals surface area contributed by atoms with Crippen LogP contribution in [-0.2, 0) is 29.8 Å². The first-order valence-electron chi connectivity index (χ1n) is 26.8. The molecule has 384 valence electrons. The Bertz CT molecular complexity index is 2040. The van der Waals surface area contributed by atoms with Gasteiger partial charge in [0.2, 0.25) is 11.8 Å². The van der Waals surface area contributed by atoms with Gasteiger partial charge in [0.1, 0.15) is 0 Å². The number of aliphatic hydroxyl groups excluding tert-OH is 3. The van der Waals surface area contributed by atoms with Crippen molar-refractivity contribution >= 4 is 32.1 Å². The molecule has 0 aromatic carbocycles. The van der Waals surface area contributed by atoms with Crippen LogP contribution in [0.25, 0.3) is 0 Å². The van der Waals surface area contributed by atoms with Crippen LogP contribution in [0, 0.1) is 92.7 Å². The maximum absolute atomic E-state index is 14.5. The van der Waals surface area contributed by atoms with E-state index in [2.05, 4.69) is 46.9 Å². The van der Waals surface area contributed by atoms with Crippen LogP contribution in [0.4, 0.5) is 0 Å². The van der Waals surface area contributed by atoms with Crippen LogP contribution in [0.3, 0.4) is 0 Å². The number of fused-ring (bicyclic) bond motifs is 10. The van der Waals surface area contributed by atoms with Gasteiger partial charge in [-0.3, -0.25) is 18.7 Å². The molecule has 20 atom stereocenters. The van der Waals surface area contributed by atoms with E-state index in [4.69, 9.17) is 4.55 Å². The van der Waals surface area contributed by atoms with E-state index in [1.54, 1.807) is 4.90 Å². The Labute approximate surface area is 403 Å². The van der Waals surface area contributed by atoms with Crippen LogP contribution in [0.2, 0.25) is 0 Å². The maximum atomic E-state index is 14.5. The quantitative estimate of drug-likeness (QED) is 0.0882. The summed E-state index contributed by atoms with van der Waals surface area (Å²) in [5, 5.41) is 37.1. The summed E-state index contributed by atoms with van der Waals surface area (Å²) in [5.74, 6) is 2.78. The number of aliphatic hydroxyl groups is 3. The molecule has 13 nitrogen and oxygen atoms in total. The summed E-state index contributed by atoms with van der Waals surface area (Å²) in [5.41, 5.74) is 0.273. The lowest BCUT2D eigenvalue weighted by Gasteiger charge is -2.63. The minimum absolute atomic E-state index is 0.0200. The predicted octanol–water partition coefficient (Wildman–Crippen LogP) is 7.53. The zero-order chi connectivity index (χ0) is 48.6. The van der Waals surface area contributed by atoms with Gasteiger partial charge in [-0.15, -0.1) is 0 Å². The normalized spacial score (nSPS) is 45.8. The molecule has 15 heteroatoms. The molecular weight excluding hydrogens is 893 g/mol. The fourth-order valence-corrected chi connectivity index (χ4v) is 19.8. The van der Waals surface area contributed by atoms with E-state index in [1.165, 1.54) is 0 Å². The zero-order valence-electron chi connectivity index (χ0n) is 41.7. The Balaban J connectivity index is 0.890. The van der Waals surface area contributed by atoms with Crippen LogP contribution >= 0.6 is 0 Å². The summed E-state index contributed by atoms with van der Waals surface area (Å²) in [6.45, 7) is 14.1. The minimum Gasteiger partial charge on any atom is -0.393 e. The van der Waals surface area contributed by atoms with Gasteiger partial charge in [0, 0.05) is 32.0 Å². The number of nitrogens with zero attached hydrogens (tertiary/aromatic N) is 1. The Morgan fingerprint density at radius 2 is 1.06 bits per heavy atom. The fraction of sp³-hybridized carbons (Fsp3) is 0.962. The summed E-state index contributed by atoms with van der Waals surface area (Å²) in [6.07, 6.45) is 16.1. The van der Waals surface area contributed by atoms with Gasteiger partial charge < -0.3 is 25.5 Å². The summed E-state index contributed by atoms with van der Waals surface area (Å²) >= 11 is 0. The number of nitrogens with one attached hydrogen (secondary N) is 1. The van der Waals surface area contributed by atoms with Crippen molar-refractivity contribution in [2.75, 3.05) is 24.6 Å². The molecule has 8 aliphatic rings. The lowest BCUT2D eigenvalue weighted by molar-refractivity contribution is -0.174. The number of hydrogen-bond donors (Lipinski definition) is 6. The van der Waals surface area contributed by atoms with Gasteiger partial charge in [-0.25, -0.2) is 0 Å². The molecule has 6 N–H and O–H groups in total. The van der Waals surface area contributed by atoms with Crippen molar-refractivity contribution in [3.05, 3.63) is 0 Å². The van der Waals surface area contributed by atoms with Crippen LogP contribution < -0.4 is 5.32 Å². The molecule has 67 heavy (non-hydrogen) atoms. The van der Waals surface area contributed by atoms with Gasteiger partial charge >= 0.3 is 0 Å². The van der Waals surface area contributed by atoms with Gasteiger partial charge in [-0.1, -0.05) is 41.5 Å². The van der Waals surface area contributed by atoms with Crippen molar-refractivity contribution in [1.29, 1.82) is 0 Å². The first-order chi connectivity index (χ1) is 31.3. The Morgan fingerprint density at radius 1 is 0.597 bits per heavy atom. The van der Waals surface area contributed by atoms with E-state index < -0.39 is 37.8 Å². The molecule has 0 spiro atoms. The van der Waals surface area contributed by atoms with E-state index in [9.17, 15) is 46.3 Å². The molecule has 8 aliphatic carbocycles. The third-order valence-corrected chi connectivity index (χ3v) is 23.9. The fourth-order valence-electron chi connectivity index (χ4n) is 19.0. The number of carbonyl (C=O) groups is 2. The molecule has 2 amide bonds. The number of hydrogen-bond acceptors (Lipinski definition) is 9. The minimum atomic E-state index is -4.30. The van der Waals surface area contributed by atoms with E-state index >= 15 is 0 Å². The molecule has 0 heterocycles. The van der Waals surface area contributed by atoms with E-state index in [1.807, 2.05) is 0 Å². The molecule has 0 bridgehead atoms. The number of amides is 2. The Hall–Kier alpha value is -1.36. The third kappa shape index (κ3) is 9.95. The lowest BCUT2D eigenvalue weighted by Crippen LogP contribution is -2.60. The van der Waals surface area contributed by atoms with Crippen molar-refractivity contribution in [1.82, 2.24) is 10.2 Å².